The van der Waals surface area contributed by atoms with Crippen LogP contribution in [0.3, 0.4) is 0 Å². The lowest BCUT2D eigenvalue weighted by atomic mass is 10.2. The van der Waals surface area contributed by atoms with Crippen molar-refractivity contribution in [3.05, 3.63) is 63.6 Å². The van der Waals surface area contributed by atoms with Crippen LogP contribution in [0.5, 0.6) is 0 Å². The lowest BCUT2D eigenvalue weighted by Crippen LogP contribution is -2.32. The van der Waals surface area contributed by atoms with E-state index in [1.54, 1.807) is 24.3 Å². The van der Waals surface area contributed by atoms with Gasteiger partial charge in [-0.05, 0) is 42.0 Å². The van der Waals surface area contributed by atoms with Crippen molar-refractivity contribution in [3.8, 4) is 0 Å². The summed E-state index contributed by atoms with van der Waals surface area (Å²) < 4.78 is 0.892. The molecule has 0 bridgehead atoms. The van der Waals surface area contributed by atoms with Crippen LogP contribution in [0, 0.1) is 0 Å². The van der Waals surface area contributed by atoms with Gasteiger partial charge in [-0.15, -0.1) is 0 Å². The Kier molecular flexibility index (Phi) is 5.68. The van der Waals surface area contributed by atoms with Gasteiger partial charge in [0, 0.05) is 15.2 Å². The molecule has 0 aliphatic heterocycles. The number of anilines is 1. The molecular formula is C15H11BrClN3O2. The van der Waals surface area contributed by atoms with Crippen LogP contribution in [0.25, 0.3) is 0 Å². The predicted molar refractivity (Wildman–Crippen MR) is 90.0 cm³/mol. The number of hydrazone groups is 1. The Labute approximate surface area is 140 Å². The lowest BCUT2D eigenvalue weighted by Gasteiger charge is -2.03. The van der Waals surface area contributed by atoms with Crippen molar-refractivity contribution in [2.75, 3.05) is 5.32 Å². The maximum Gasteiger partial charge on any atom is 0.329 e. The Morgan fingerprint density at radius 1 is 1.09 bits per heavy atom. The average molecular weight is 381 g/mol. The van der Waals surface area contributed by atoms with Crippen LogP contribution in [-0.4, -0.2) is 18.0 Å². The normalized spacial score (nSPS) is 10.5. The van der Waals surface area contributed by atoms with Crippen LogP contribution in [0.1, 0.15) is 5.56 Å². The van der Waals surface area contributed by atoms with E-state index in [4.69, 9.17) is 11.6 Å². The summed E-state index contributed by atoms with van der Waals surface area (Å²) in [4.78, 5) is 23.3. The predicted octanol–water partition coefficient (Wildman–Crippen LogP) is 3.19. The number of carbonyl (C=O) groups excluding carboxylic acids is 2. The van der Waals surface area contributed by atoms with Gasteiger partial charge >= 0.3 is 11.8 Å². The molecule has 0 fully saturated rings. The highest BCUT2D eigenvalue weighted by Gasteiger charge is 2.12. The number of rotatable bonds is 3. The largest absolute Gasteiger partial charge is 0.329 e. The van der Waals surface area contributed by atoms with Crippen molar-refractivity contribution in [3.63, 3.8) is 0 Å². The summed E-state index contributed by atoms with van der Waals surface area (Å²) in [5, 5.41) is 6.71. The van der Waals surface area contributed by atoms with Gasteiger partial charge in [0.25, 0.3) is 0 Å². The first-order valence-corrected chi connectivity index (χ1v) is 7.37. The Morgan fingerprint density at radius 3 is 2.50 bits per heavy atom. The number of halogens is 2. The zero-order chi connectivity index (χ0) is 15.9. The molecule has 0 radical (unpaired) electrons. The van der Waals surface area contributed by atoms with Gasteiger partial charge in [-0.3, -0.25) is 9.59 Å². The molecule has 2 rings (SSSR count). The molecular weight excluding hydrogens is 370 g/mol. The van der Waals surface area contributed by atoms with Gasteiger partial charge in [0.2, 0.25) is 0 Å². The molecule has 7 heteroatoms. The molecule has 0 aromatic heterocycles. The van der Waals surface area contributed by atoms with Gasteiger partial charge in [0.1, 0.15) is 0 Å². The third-order valence-corrected chi connectivity index (χ3v) is 3.28. The molecule has 0 spiro atoms. The maximum absolute atomic E-state index is 11.7. The molecule has 5 nitrogen and oxygen atoms in total. The van der Waals surface area contributed by atoms with Gasteiger partial charge in [0.05, 0.1) is 6.21 Å². The van der Waals surface area contributed by atoms with E-state index in [1.807, 2.05) is 24.3 Å². The Hall–Kier alpha value is -2.18. The average Bonchev–Trinajstić information content (AvgIpc) is 2.49. The smallest absolute Gasteiger partial charge is 0.318 e. The summed E-state index contributed by atoms with van der Waals surface area (Å²) in [5.41, 5.74) is 3.42. The third kappa shape index (κ3) is 4.98. The summed E-state index contributed by atoms with van der Waals surface area (Å²) >= 11 is 9.06. The van der Waals surface area contributed by atoms with Crippen molar-refractivity contribution in [1.29, 1.82) is 0 Å². The SMILES string of the molecule is O=C(NN=Cc1cccc(Br)c1)C(=O)Nc1ccc(Cl)cc1. The van der Waals surface area contributed by atoms with Crippen LogP contribution in [-0.2, 0) is 9.59 Å². The zero-order valence-electron chi connectivity index (χ0n) is 11.2. The van der Waals surface area contributed by atoms with Crippen LogP contribution in [0.4, 0.5) is 5.69 Å². The van der Waals surface area contributed by atoms with Gasteiger partial charge in [-0.2, -0.15) is 5.10 Å². The minimum atomic E-state index is -0.860. The van der Waals surface area contributed by atoms with Crippen LogP contribution < -0.4 is 10.7 Å². The first kappa shape index (κ1) is 16.2. The minimum Gasteiger partial charge on any atom is -0.318 e. The monoisotopic (exact) mass is 379 g/mol. The molecule has 0 heterocycles. The number of nitrogens with one attached hydrogen (secondary N) is 2. The number of carbonyl (C=O) groups is 2. The molecule has 22 heavy (non-hydrogen) atoms. The summed E-state index contributed by atoms with van der Waals surface area (Å²) in [6.07, 6.45) is 1.44. The maximum atomic E-state index is 11.7. The summed E-state index contributed by atoms with van der Waals surface area (Å²) in [7, 11) is 0. The van der Waals surface area contributed by atoms with Crippen molar-refractivity contribution < 1.29 is 9.59 Å². The number of benzene rings is 2. The number of hydrogen-bond acceptors (Lipinski definition) is 3. The number of hydrogen-bond donors (Lipinski definition) is 2. The third-order valence-electron chi connectivity index (χ3n) is 2.54. The van der Waals surface area contributed by atoms with E-state index in [1.165, 1.54) is 6.21 Å². The van der Waals surface area contributed by atoms with Crippen molar-refractivity contribution in [2.45, 2.75) is 0 Å². The quantitative estimate of drug-likeness (QED) is 0.488. The van der Waals surface area contributed by atoms with Gasteiger partial charge in [-0.1, -0.05) is 39.7 Å². The highest BCUT2D eigenvalue weighted by molar-refractivity contribution is 9.10. The Balaban J connectivity index is 1.89. The second-order valence-electron chi connectivity index (χ2n) is 4.22. The highest BCUT2D eigenvalue weighted by atomic mass is 79.9. The Bertz CT molecular complexity index is 717. The standard InChI is InChI=1S/C15H11BrClN3O2/c16-11-3-1-2-10(8-11)9-18-20-15(22)14(21)19-13-6-4-12(17)5-7-13/h1-9H,(H,19,21)(H,20,22). The molecule has 112 valence electrons. The molecule has 0 saturated carbocycles. The van der Waals surface area contributed by atoms with Crippen molar-refractivity contribution in [1.82, 2.24) is 5.43 Å². The van der Waals surface area contributed by atoms with Crippen molar-refractivity contribution in [2.24, 2.45) is 5.10 Å². The number of amides is 2. The van der Waals surface area contributed by atoms with E-state index in [2.05, 4.69) is 31.8 Å². The fraction of sp³-hybridized carbons (Fsp3) is 0. The highest BCUT2D eigenvalue weighted by Crippen LogP contribution is 2.13. The van der Waals surface area contributed by atoms with Gasteiger partial charge < -0.3 is 5.32 Å². The van der Waals surface area contributed by atoms with E-state index in [9.17, 15) is 9.59 Å². The molecule has 2 amide bonds. The molecule has 2 aromatic rings. The topological polar surface area (TPSA) is 70.6 Å². The van der Waals surface area contributed by atoms with E-state index < -0.39 is 11.8 Å². The van der Waals surface area contributed by atoms with E-state index in [0.29, 0.717) is 10.7 Å². The van der Waals surface area contributed by atoms with E-state index in [-0.39, 0.29) is 0 Å². The fourth-order valence-corrected chi connectivity index (χ4v) is 2.07. The van der Waals surface area contributed by atoms with Gasteiger partial charge in [-0.25, -0.2) is 5.43 Å². The first-order valence-electron chi connectivity index (χ1n) is 6.20. The van der Waals surface area contributed by atoms with Crippen LogP contribution >= 0.6 is 27.5 Å². The fourth-order valence-electron chi connectivity index (χ4n) is 1.52. The summed E-state index contributed by atoms with van der Waals surface area (Å²) in [6.45, 7) is 0. The van der Waals surface area contributed by atoms with Crippen molar-refractivity contribution >= 4 is 51.2 Å². The van der Waals surface area contributed by atoms with E-state index in [0.717, 1.165) is 10.0 Å². The molecule has 0 unspecified atom stereocenters. The summed E-state index contributed by atoms with van der Waals surface area (Å²) in [5.74, 6) is -1.67. The molecule has 0 aliphatic rings. The summed E-state index contributed by atoms with van der Waals surface area (Å²) in [6, 6.07) is 13.8. The second-order valence-corrected chi connectivity index (χ2v) is 5.57. The lowest BCUT2D eigenvalue weighted by molar-refractivity contribution is -0.136. The molecule has 0 saturated heterocycles. The van der Waals surface area contributed by atoms with Crippen LogP contribution in [0.2, 0.25) is 5.02 Å². The van der Waals surface area contributed by atoms with Crippen LogP contribution in [0.15, 0.2) is 58.1 Å². The Morgan fingerprint density at radius 2 is 1.82 bits per heavy atom. The number of nitrogens with zero attached hydrogens (tertiary/aromatic N) is 1. The van der Waals surface area contributed by atoms with Gasteiger partial charge in [0.15, 0.2) is 0 Å². The second kappa shape index (κ2) is 7.72. The first-order chi connectivity index (χ1) is 10.5. The molecule has 2 aromatic carbocycles. The molecule has 0 atom stereocenters. The molecule has 2 N–H and O–H groups in total. The van der Waals surface area contributed by atoms with E-state index >= 15 is 0 Å². The molecule has 0 aliphatic carbocycles. The zero-order valence-corrected chi connectivity index (χ0v) is 13.6. The minimum absolute atomic E-state index is 0.473.